The van der Waals surface area contributed by atoms with Crippen LogP contribution in [0.4, 0.5) is 0 Å². The summed E-state index contributed by atoms with van der Waals surface area (Å²) in [6.07, 6.45) is 1.74. The largest absolute Gasteiger partial charge is 0.494 e. The smallest absolute Gasteiger partial charge is 0.119 e. The summed E-state index contributed by atoms with van der Waals surface area (Å²) in [5.41, 5.74) is 1.17. The molecule has 1 aliphatic heterocycles. The van der Waals surface area contributed by atoms with Crippen molar-refractivity contribution in [3.8, 4) is 5.75 Å². The van der Waals surface area contributed by atoms with Crippen molar-refractivity contribution in [3.05, 3.63) is 65.7 Å². The van der Waals surface area contributed by atoms with Crippen LogP contribution >= 0.6 is 0 Å². The Hall–Kier alpha value is -1.88. The van der Waals surface area contributed by atoms with Gasteiger partial charge in [-0.15, -0.1) is 0 Å². The molecule has 0 bridgehead atoms. The van der Waals surface area contributed by atoms with Gasteiger partial charge in [0.25, 0.3) is 0 Å². The number of ether oxygens (including phenoxy) is 2. The van der Waals surface area contributed by atoms with E-state index in [4.69, 9.17) is 9.47 Å². The third kappa shape index (κ3) is 6.81. The van der Waals surface area contributed by atoms with Crippen LogP contribution in [-0.2, 0) is 10.3 Å². The third-order valence-electron chi connectivity index (χ3n) is 6.36. The Labute approximate surface area is 194 Å². The summed E-state index contributed by atoms with van der Waals surface area (Å²) in [5.74, 6) is 1.82. The molecule has 0 spiro atoms. The monoisotopic (exact) mass is 439 g/mol. The summed E-state index contributed by atoms with van der Waals surface area (Å²) in [5, 5.41) is 12.3. The Balaban J connectivity index is 1.90. The first-order valence-corrected chi connectivity index (χ1v) is 12.2. The average Bonchev–Trinajstić information content (AvgIpc) is 2.78. The van der Waals surface area contributed by atoms with Crippen LogP contribution in [0, 0.1) is 11.8 Å². The van der Waals surface area contributed by atoms with Gasteiger partial charge in [-0.3, -0.25) is 4.90 Å². The molecule has 1 saturated heterocycles. The SMILES string of the molecule is CC(C)CCOc1ccc([C@](O)(CC(C)C)[C@H](CN2CCOCC2)c2ccccc2)cc1. The molecule has 1 N–H and O–H groups in total. The number of morpholine rings is 1. The molecule has 4 heteroatoms. The van der Waals surface area contributed by atoms with E-state index in [1.807, 2.05) is 18.2 Å². The van der Waals surface area contributed by atoms with Crippen molar-refractivity contribution in [2.75, 3.05) is 39.5 Å². The molecule has 1 heterocycles. The molecule has 0 amide bonds. The molecule has 4 nitrogen and oxygen atoms in total. The summed E-state index contributed by atoms with van der Waals surface area (Å²) >= 11 is 0. The van der Waals surface area contributed by atoms with Gasteiger partial charge in [-0.1, -0.05) is 70.2 Å². The van der Waals surface area contributed by atoms with Crippen molar-refractivity contribution in [2.45, 2.75) is 52.1 Å². The molecule has 0 unspecified atom stereocenters. The Morgan fingerprint density at radius 3 is 2.19 bits per heavy atom. The molecule has 0 aromatic heterocycles. The Morgan fingerprint density at radius 1 is 0.938 bits per heavy atom. The summed E-state index contributed by atoms with van der Waals surface area (Å²) in [4.78, 5) is 2.43. The van der Waals surface area contributed by atoms with Gasteiger partial charge in [-0.2, -0.15) is 0 Å². The van der Waals surface area contributed by atoms with Crippen LogP contribution in [0.3, 0.4) is 0 Å². The van der Waals surface area contributed by atoms with E-state index in [9.17, 15) is 5.11 Å². The molecular formula is C28H41NO3. The van der Waals surface area contributed by atoms with Gasteiger partial charge in [-0.05, 0) is 47.9 Å². The van der Waals surface area contributed by atoms with E-state index in [0.717, 1.165) is 57.2 Å². The molecular weight excluding hydrogens is 398 g/mol. The first-order chi connectivity index (χ1) is 15.4. The van der Waals surface area contributed by atoms with Gasteiger partial charge in [0.2, 0.25) is 0 Å². The van der Waals surface area contributed by atoms with E-state index < -0.39 is 5.60 Å². The highest BCUT2D eigenvalue weighted by atomic mass is 16.5. The fourth-order valence-electron chi connectivity index (χ4n) is 4.60. The molecule has 2 aromatic rings. The van der Waals surface area contributed by atoms with Gasteiger partial charge in [0.15, 0.2) is 0 Å². The fraction of sp³-hybridized carbons (Fsp3) is 0.571. The number of nitrogens with zero attached hydrogens (tertiary/aromatic N) is 1. The van der Waals surface area contributed by atoms with Gasteiger partial charge < -0.3 is 14.6 Å². The number of hydrogen-bond donors (Lipinski definition) is 1. The first kappa shape index (κ1) is 24.8. The molecule has 176 valence electrons. The lowest BCUT2D eigenvalue weighted by atomic mass is 9.72. The summed E-state index contributed by atoms with van der Waals surface area (Å²) in [6, 6.07) is 18.6. The van der Waals surface area contributed by atoms with E-state index in [1.165, 1.54) is 5.56 Å². The topological polar surface area (TPSA) is 41.9 Å². The van der Waals surface area contributed by atoms with Crippen LogP contribution in [0.2, 0.25) is 0 Å². The third-order valence-corrected chi connectivity index (χ3v) is 6.36. The highest BCUT2D eigenvalue weighted by Gasteiger charge is 2.41. The van der Waals surface area contributed by atoms with Gasteiger partial charge in [-0.25, -0.2) is 0 Å². The normalized spacial score (nSPS) is 18.0. The quantitative estimate of drug-likeness (QED) is 0.505. The van der Waals surface area contributed by atoms with Crippen molar-refractivity contribution in [1.29, 1.82) is 0 Å². The Morgan fingerprint density at radius 2 is 1.59 bits per heavy atom. The highest BCUT2D eigenvalue weighted by molar-refractivity contribution is 5.35. The van der Waals surface area contributed by atoms with Gasteiger partial charge in [0.05, 0.1) is 25.4 Å². The molecule has 2 aromatic carbocycles. The minimum absolute atomic E-state index is 0.0306. The van der Waals surface area contributed by atoms with E-state index in [0.29, 0.717) is 18.3 Å². The second-order valence-corrected chi connectivity index (χ2v) is 9.95. The number of aliphatic hydroxyl groups is 1. The summed E-state index contributed by atoms with van der Waals surface area (Å²) < 4.78 is 11.5. The predicted octanol–water partition coefficient (Wildman–Crippen LogP) is 5.46. The van der Waals surface area contributed by atoms with Gasteiger partial charge in [0.1, 0.15) is 5.75 Å². The maximum atomic E-state index is 12.3. The van der Waals surface area contributed by atoms with Gasteiger partial charge in [0, 0.05) is 25.6 Å². The second-order valence-electron chi connectivity index (χ2n) is 9.95. The van der Waals surface area contributed by atoms with E-state index in [2.05, 4.69) is 69.0 Å². The maximum Gasteiger partial charge on any atom is 0.119 e. The second kappa shape index (κ2) is 11.8. The lowest BCUT2D eigenvalue weighted by Crippen LogP contribution is -2.45. The zero-order valence-electron chi connectivity index (χ0n) is 20.3. The van der Waals surface area contributed by atoms with Crippen LogP contribution in [0.5, 0.6) is 5.75 Å². The van der Waals surface area contributed by atoms with E-state index >= 15 is 0 Å². The molecule has 0 saturated carbocycles. The fourth-order valence-corrected chi connectivity index (χ4v) is 4.60. The average molecular weight is 440 g/mol. The lowest BCUT2D eigenvalue weighted by molar-refractivity contribution is -0.0356. The molecule has 0 aliphatic carbocycles. The van der Waals surface area contributed by atoms with Crippen LogP contribution in [0.15, 0.2) is 54.6 Å². The van der Waals surface area contributed by atoms with E-state index in [1.54, 1.807) is 0 Å². The molecule has 1 fully saturated rings. The molecule has 1 aliphatic rings. The van der Waals surface area contributed by atoms with Crippen LogP contribution < -0.4 is 4.74 Å². The standard InChI is InChI=1S/C28H41NO3/c1-22(2)14-17-32-26-12-10-25(11-13-26)28(30,20-23(3)4)27(24-8-6-5-7-9-24)21-29-15-18-31-19-16-29/h5-13,22-23,27,30H,14-21H2,1-4H3/t27-,28-/m1/s1. The van der Waals surface area contributed by atoms with Crippen molar-refractivity contribution in [3.63, 3.8) is 0 Å². The minimum atomic E-state index is -0.968. The van der Waals surface area contributed by atoms with Crippen molar-refractivity contribution >= 4 is 0 Å². The minimum Gasteiger partial charge on any atom is -0.494 e. The van der Waals surface area contributed by atoms with Crippen molar-refractivity contribution in [1.82, 2.24) is 4.90 Å². The molecule has 32 heavy (non-hydrogen) atoms. The van der Waals surface area contributed by atoms with Crippen molar-refractivity contribution in [2.24, 2.45) is 11.8 Å². The van der Waals surface area contributed by atoms with Crippen LogP contribution in [0.25, 0.3) is 0 Å². The molecule has 0 radical (unpaired) electrons. The zero-order chi connectivity index (χ0) is 23.0. The zero-order valence-corrected chi connectivity index (χ0v) is 20.3. The highest BCUT2D eigenvalue weighted by Crippen LogP contribution is 2.43. The van der Waals surface area contributed by atoms with Gasteiger partial charge >= 0.3 is 0 Å². The number of rotatable bonds is 11. The Kier molecular flexibility index (Phi) is 9.15. The molecule has 3 rings (SSSR count). The molecule has 2 atom stereocenters. The van der Waals surface area contributed by atoms with Crippen molar-refractivity contribution < 1.29 is 14.6 Å². The summed E-state index contributed by atoms with van der Waals surface area (Å²) in [7, 11) is 0. The lowest BCUT2D eigenvalue weighted by Gasteiger charge is -2.42. The van der Waals surface area contributed by atoms with Crippen LogP contribution in [-0.4, -0.2) is 49.5 Å². The van der Waals surface area contributed by atoms with Crippen LogP contribution in [0.1, 0.15) is 57.6 Å². The number of benzene rings is 2. The first-order valence-electron chi connectivity index (χ1n) is 12.2. The number of hydrogen-bond acceptors (Lipinski definition) is 4. The van der Waals surface area contributed by atoms with E-state index in [-0.39, 0.29) is 5.92 Å². The Bertz CT molecular complexity index is 784. The predicted molar refractivity (Wildman–Crippen MR) is 131 cm³/mol. The maximum absolute atomic E-state index is 12.3. The summed E-state index contributed by atoms with van der Waals surface area (Å²) in [6.45, 7) is 13.6.